The number of rotatable bonds is 9. The van der Waals surface area contributed by atoms with Crippen LogP contribution in [0.4, 0.5) is 15.9 Å². The second-order valence-electron chi connectivity index (χ2n) is 5.50. The number of halogens is 2. The molecule has 0 bridgehead atoms. The number of oxime groups is 1. The summed E-state index contributed by atoms with van der Waals surface area (Å²) in [6.45, 7) is -0.00906. The maximum Gasteiger partial charge on any atom is 0.317 e. The van der Waals surface area contributed by atoms with Gasteiger partial charge in [0.1, 0.15) is 5.82 Å². The molecule has 16 heteroatoms. The molecule has 0 unspecified atom stereocenters. The molecule has 160 valence electrons. The Balaban J connectivity index is 1.96. The van der Waals surface area contributed by atoms with E-state index in [0.29, 0.717) is 11.9 Å². The lowest BCUT2D eigenvalue weighted by Crippen LogP contribution is -2.31. The second kappa shape index (κ2) is 9.34. The monoisotopic (exact) mass is 470 g/mol. The van der Waals surface area contributed by atoms with Crippen molar-refractivity contribution in [3.8, 4) is 0 Å². The summed E-state index contributed by atoms with van der Waals surface area (Å²) in [6, 6.07) is 3.72. The first-order valence-corrected chi connectivity index (χ1v) is 12.0. The third-order valence-corrected chi connectivity index (χ3v) is 7.71. The van der Waals surface area contributed by atoms with Crippen LogP contribution in [-0.4, -0.2) is 57.5 Å². The molecule has 0 saturated carbocycles. The molecule has 0 saturated heterocycles. The van der Waals surface area contributed by atoms with Crippen LogP contribution >= 0.6 is 11.6 Å². The number of amidine groups is 1. The smallest absolute Gasteiger partial charge is 0.317 e. The van der Waals surface area contributed by atoms with Gasteiger partial charge in [0, 0.05) is 18.8 Å². The molecule has 0 amide bonds. The van der Waals surface area contributed by atoms with Crippen molar-refractivity contribution in [2.24, 2.45) is 5.16 Å². The molecule has 1 heterocycles. The average Bonchev–Trinajstić information content (AvgIpc) is 3.09. The number of anilines is 2. The molecule has 0 aliphatic carbocycles. The molecule has 1 aromatic carbocycles. The number of hydrogen-bond donors (Lipinski definition) is 4. The molecule has 29 heavy (non-hydrogen) atoms. The predicted molar refractivity (Wildman–Crippen MR) is 103 cm³/mol. The first-order chi connectivity index (χ1) is 13.5. The lowest BCUT2D eigenvalue weighted by Gasteiger charge is -2.08. The Hall–Kier alpha value is -2.49. The maximum absolute atomic E-state index is 13.2. The third-order valence-electron chi connectivity index (χ3n) is 3.32. The van der Waals surface area contributed by atoms with E-state index in [9.17, 15) is 26.4 Å². The highest BCUT2D eigenvalue weighted by atomic mass is 35.5. The van der Waals surface area contributed by atoms with Gasteiger partial charge in [-0.2, -0.15) is 8.42 Å². The van der Waals surface area contributed by atoms with E-state index in [1.807, 2.05) is 4.72 Å². The van der Waals surface area contributed by atoms with Gasteiger partial charge in [0.05, 0.1) is 11.3 Å². The summed E-state index contributed by atoms with van der Waals surface area (Å²) in [5, 5.41) is 24.8. The number of aromatic nitrogens is 2. The van der Waals surface area contributed by atoms with Crippen LogP contribution in [-0.2, 0) is 17.9 Å². The van der Waals surface area contributed by atoms with Gasteiger partial charge >= 0.3 is 9.06 Å². The minimum atomic E-state index is -4.45. The summed E-state index contributed by atoms with van der Waals surface area (Å²) >= 11 is 5.69. The van der Waals surface area contributed by atoms with Gasteiger partial charge in [-0.25, -0.2) is 22.2 Å². The molecule has 12 nitrogen and oxygen atoms in total. The van der Waals surface area contributed by atoms with Gasteiger partial charge in [0.2, 0.25) is 11.7 Å². The SMILES string of the molecule is CS(=O)(=O)S(=O)(=O)NCCCNc1nonc1/C(=N\O)Nc1ccc(F)c(Cl)c1. The van der Waals surface area contributed by atoms with Gasteiger partial charge in [-0.1, -0.05) is 16.8 Å². The van der Waals surface area contributed by atoms with Crippen LogP contribution in [0.1, 0.15) is 12.1 Å². The van der Waals surface area contributed by atoms with Crippen LogP contribution < -0.4 is 15.4 Å². The van der Waals surface area contributed by atoms with Crippen molar-refractivity contribution < 1.29 is 31.1 Å². The lowest BCUT2D eigenvalue weighted by atomic mass is 10.3. The van der Waals surface area contributed by atoms with Crippen molar-refractivity contribution in [2.75, 3.05) is 30.0 Å². The summed E-state index contributed by atoms with van der Waals surface area (Å²) in [5.41, 5.74) is 0.276. The summed E-state index contributed by atoms with van der Waals surface area (Å²) in [4.78, 5) is 0. The molecule has 0 aliphatic heterocycles. The van der Waals surface area contributed by atoms with Crippen LogP contribution in [0.5, 0.6) is 0 Å². The van der Waals surface area contributed by atoms with Crippen molar-refractivity contribution in [2.45, 2.75) is 6.42 Å². The highest BCUT2D eigenvalue weighted by Gasteiger charge is 2.23. The number of benzene rings is 1. The molecule has 0 radical (unpaired) electrons. The first kappa shape index (κ1) is 22.8. The zero-order chi connectivity index (χ0) is 21.7. The minimum absolute atomic E-state index is 0.0235. The van der Waals surface area contributed by atoms with Gasteiger partial charge in [-0.15, -0.1) is 0 Å². The lowest BCUT2D eigenvalue weighted by molar-refractivity contribution is 0.305. The van der Waals surface area contributed by atoms with Crippen molar-refractivity contribution in [1.29, 1.82) is 0 Å². The van der Waals surface area contributed by atoms with Crippen molar-refractivity contribution in [1.82, 2.24) is 15.0 Å². The van der Waals surface area contributed by atoms with Crippen molar-refractivity contribution >= 4 is 46.9 Å². The Labute approximate surface area is 169 Å². The van der Waals surface area contributed by atoms with Crippen LogP contribution in [0.2, 0.25) is 5.02 Å². The van der Waals surface area contributed by atoms with Gasteiger partial charge in [0.15, 0.2) is 5.69 Å². The van der Waals surface area contributed by atoms with Gasteiger partial charge < -0.3 is 15.8 Å². The Bertz CT molecular complexity index is 1100. The summed E-state index contributed by atoms with van der Waals surface area (Å²) < 4.78 is 64.7. The molecule has 2 rings (SSSR count). The van der Waals surface area contributed by atoms with Crippen molar-refractivity contribution in [3.63, 3.8) is 0 Å². The van der Waals surface area contributed by atoms with E-state index < -0.39 is 23.7 Å². The standard InChI is InChI=1S/C13H16ClFN6O6S2/c1-28(23,24)29(25,26)17-6-2-5-16-12-11(20-27-21-12)13(19-22)18-8-3-4-10(15)9(14)7-8/h3-4,7,17,22H,2,5-6H2,1H3,(H,16,21)(H,18,19). The average molecular weight is 471 g/mol. The minimum Gasteiger partial charge on any atom is -0.409 e. The van der Waals surface area contributed by atoms with E-state index in [1.165, 1.54) is 12.1 Å². The van der Waals surface area contributed by atoms with Crippen LogP contribution in [0.15, 0.2) is 28.0 Å². The van der Waals surface area contributed by atoms with E-state index in [1.54, 1.807) is 0 Å². The molecule has 1 aromatic heterocycles. The summed E-state index contributed by atoms with van der Waals surface area (Å²) in [5.74, 6) is -0.754. The first-order valence-electron chi connectivity index (χ1n) is 7.75. The molecule has 0 atom stereocenters. The van der Waals surface area contributed by atoms with E-state index >= 15 is 0 Å². The molecular weight excluding hydrogens is 455 g/mol. The second-order valence-corrected chi connectivity index (χ2v) is 11.6. The Kier molecular flexibility index (Phi) is 7.34. The Morgan fingerprint density at radius 2 is 2.00 bits per heavy atom. The molecule has 0 fully saturated rings. The number of hydrogen-bond acceptors (Lipinski definition) is 10. The fourth-order valence-corrected chi connectivity index (χ4v) is 3.58. The van der Waals surface area contributed by atoms with E-state index in [2.05, 4.69) is 30.7 Å². The van der Waals surface area contributed by atoms with Crippen LogP contribution in [0.25, 0.3) is 0 Å². The zero-order valence-corrected chi connectivity index (χ0v) is 17.1. The van der Waals surface area contributed by atoms with E-state index in [-0.39, 0.29) is 41.9 Å². The maximum atomic E-state index is 13.2. The van der Waals surface area contributed by atoms with E-state index in [4.69, 9.17) is 11.6 Å². The van der Waals surface area contributed by atoms with Crippen molar-refractivity contribution in [3.05, 3.63) is 34.7 Å². The van der Waals surface area contributed by atoms with Crippen LogP contribution in [0.3, 0.4) is 0 Å². The highest BCUT2D eigenvalue weighted by Crippen LogP contribution is 2.21. The normalized spacial score (nSPS) is 12.7. The predicted octanol–water partition coefficient (Wildman–Crippen LogP) is 0.791. The fourth-order valence-electron chi connectivity index (χ4n) is 1.90. The van der Waals surface area contributed by atoms with Crippen LogP contribution in [0, 0.1) is 5.82 Å². The molecule has 0 spiro atoms. The van der Waals surface area contributed by atoms with Gasteiger partial charge in [-0.05, 0) is 34.9 Å². The van der Waals surface area contributed by atoms with Gasteiger partial charge in [-0.3, -0.25) is 0 Å². The number of nitrogens with zero attached hydrogens (tertiary/aromatic N) is 3. The zero-order valence-electron chi connectivity index (χ0n) is 14.8. The Morgan fingerprint density at radius 3 is 2.62 bits per heavy atom. The fraction of sp³-hybridized carbons (Fsp3) is 0.308. The van der Waals surface area contributed by atoms with Gasteiger partial charge in [0.25, 0.3) is 8.87 Å². The van der Waals surface area contributed by atoms with E-state index in [0.717, 1.165) is 6.07 Å². The topological polar surface area (TPSA) is 176 Å². The third kappa shape index (κ3) is 5.99. The number of nitrogens with one attached hydrogen (secondary N) is 3. The quantitative estimate of drug-likeness (QED) is 0.102. The highest BCUT2D eigenvalue weighted by molar-refractivity contribution is 8.66. The largest absolute Gasteiger partial charge is 0.409 e. The molecule has 4 N–H and O–H groups in total. The molecule has 2 aromatic rings. The summed E-state index contributed by atoms with van der Waals surface area (Å²) in [7, 11) is -8.72. The summed E-state index contributed by atoms with van der Waals surface area (Å²) in [6.07, 6.45) is 0.769. The molecule has 0 aliphatic rings. The molecular formula is C13H16ClFN6O6S2. The Morgan fingerprint density at radius 1 is 1.28 bits per heavy atom.